The molecule has 4 heavy (non-hydrogen) atoms. The normalized spacial score (nSPS) is 0. The molecule has 0 aliphatic carbocycles. The zero-order chi connectivity index (χ0) is 0. The molecule has 2 radical (unpaired) electrons. The molecule has 0 atom stereocenters. The van der Waals surface area contributed by atoms with Crippen molar-refractivity contribution in [2.24, 2.45) is 0 Å². The van der Waals surface area contributed by atoms with Gasteiger partial charge in [-0.1, -0.05) is 0 Å². The number of hydrogen-bond donors (Lipinski definition) is 0. The predicted octanol–water partition coefficient (Wildman–Crippen LogP) is -2.10. The summed E-state index contributed by atoms with van der Waals surface area (Å²) in [4.78, 5) is 0. The van der Waals surface area contributed by atoms with Gasteiger partial charge in [0.1, 0.15) is 0 Å². The van der Waals surface area contributed by atoms with E-state index in [9.17, 15) is 0 Å². The second-order valence-electron chi connectivity index (χ2n) is 0. The van der Waals surface area contributed by atoms with Gasteiger partial charge in [-0.25, -0.2) is 0 Å². The minimum absolute atomic E-state index is 0. The van der Waals surface area contributed by atoms with E-state index in [1.165, 1.54) is 0 Å². The van der Waals surface area contributed by atoms with Crippen LogP contribution >= 0.6 is 0 Å². The Hall–Kier alpha value is 3.83. The van der Waals surface area contributed by atoms with Gasteiger partial charge >= 0.3 is 65.3 Å². The third-order valence-corrected chi connectivity index (χ3v) is 0. The van der Waals surface area contributed by atoms with E-state index in [0.29, 0.717) is 0 Å². The van der Waals surface area contributed by atoms with Crippen molar-refractivity contribution in [3.8, 4) is 0 Å². The molecule has 0 rings (SSSR count). The molecule has 0 aliphatic rings. The minimum atomic E-state index is 0. The first kappa shape index (κ1) is 24.9. The fourth-order valence-electron chi connectivity index (χ4n) is 0. The molecule has 0 aromatic heterocycles. The van der Waals surface area contributed by atoms with Gasteiger partial charge in [0.05, 0.1) is 0 Å². The molecule has 0 amide bonds. The molecule has 0 saturated carbocycles. The van der Waals surface area contributed by atoms with Gasteiger partial charge < -0.3 is 0 Å². The molecule has 0 nitrogen and oxygen atoms in total. The summed E-state index contributed by atoms with van der Waals surface area (Å²) in [7, 11) is 0. The summed E-state index contributed by atoms with van der Waals surface area (Å²) in [5, 5.41) is 0. The van der Waals surface area contributed by atoms with Crippen LogP contribution in [0, 0.1) is 35.6 Å². The summed E-state index contributed by atoms with van der Waals surface area (Å²) >= 11 is 0. The van der Waals surface area contributed by atoms with Crippen LogP contribution in [0.25, 0.3) is 0 Å². The van der Waals surface area contributed by atoms with Crippen molar-refractivity contribution in [1.82, 2.24) is 0 Å². The van der Waals surface area contributed by atoms with Gasteiger partial charge in [-0.15, -0.1) is 0 Å². The summed E-state index contributed by atoms with van der Waals surface area (Å²) in [6.07, 6.45) is 0. The summed E-state index contributed by atoms with van der Waals surface area (Å²) in [5.41, 5.74) is 0. The van der Waals surface area contributed by atoms with Crippen LogP contribution in [-0.4, -0.2) is 65.3 Å². The molecular formula is H5GaLaMnSr. The van der Waals surface area contributed by atoms with Crippen LogP contribution in [0.5, 0.6) is 0 Å². The second-order valence-corrected chi connectivity index (χ2v) is 0. The molecular weight excluding hydrogens is 351 g/mol. The van der Waals surface area contributed by atoms with Crippen LogP contribution in [0.1, 0.15) is 0 Å². The van der Waals surface area contributed by atoms with Crippen molar-refractivity contribution in [3.05, 3.63) is 0 Å². The second kappa shape index (κ2) is 15.8. The Kier molecular flexibility index (Phi) is 98.5. The zero-order valence-corrected chi connectivity index (χ0v) is 5.76. The van der Waals surface area contributed by atoms with Crippen LogP contribution in [0.2, 0.25) is 0 Å². The maximum atomic E-state index is 0. The number of rotatable bonds is 0. The van der Waals surface area contributed by atoms with Crippen LogP contribution < -0.4 is 0 Å². The van der Waals surface area contributed by atoms with E-state index in [-0.39, 0.29) is 118 Å². The molecule has 0 spiro atoms. The van der Waals surface area contributed by atoms with Crippen molar-refractivity contribution in [2.45, 2.75) is 0 Å². The molecule has 0 aromatic carbocycles. The molecule has 0 N–H and O–H groups in total. The average Bonchev–Trinajstić information content (AvgIpc) is 0. The van der Waals surface area contributed by atoms with E-state index < -0.39 is 0 Å². The standard InChI is InChI=1S/Ga.La.Mn.Sr.5H. The van der Waals surface area contributed by atoms with Gasteiger partial charge in [-0.3, -0.25) is 0 Å². The Bertz CT molecular complexity index is 8.00. The van der Waals surface area contributed by atoms with Crippen LogP contribution in [0.3, 0.4) is 0 Å². The molecule has 4 heteroatoms. The molecule has 0 unspecified atom stereocenters. The van der Waals surface area contributed by atoms with Crippen molar-refractivity contribution < 1.29 is 52.7 Å². The van der Waals surface area contributed by atoms with Crippen molar-refractivity contribution in [2.75, 3.05) is 0 Å². The fraction of sp³-hybridized carbons (Fsp3) is 0. The van der Waals surface area contributed by atoms with Gasteiger partial charge in [0.15, 0.2) is 0 Å². The first-order chi connectivity index (χ1) is 0. The molecule has 20 valence electrons. The van der Waals surface area contributed by atoms with E-state index in [0.717, 1.165) is 0 Å². The summed E-state index contributed by atoms with van der Waals surface area (Å²) in [5.74, 6) is 0. The Labute approximate surface area is 115 Å². The SMILES string of the molecule is [GaH3].[La].[Mn].[SrH2]. The zero-order valence-electron chi connectivity index (χ0n) is 0.955. The average molecular weight is 356 g/mol. The molecule has 0 aromatic rings. The fourth-order valence-corrected chi connectivity index (χ4v) is 0. The molecule has 0 bridgehead atoms. The summed E-state index contributed by atoms with van der Waals surface area (Å²) < 4.78 is 0. The van der Waals surface area contributed by atoms with Crippen molar-refractivity contribution in [1.29, 1.82) is 0 Å². The Morgan fingerprint density at radius 2 is 1.00 bits per heavy atom. The van der Waals surface area contributed by atoms with Gasteiger partial charge in [-0.2, -0.15) is 0 Å². The Morgan fingerprint density at radius 3 is 1.00 bits per heavy atom. The monoisotopic (exact) mass is 356 g/mol. The van der Waals surface area contributed by atoms with Gasteiger partial charge in [-0.05, 0) is 0 Å². The van der Waals surface area contributed by atoms with E-state index in [1.54, 1.807) is 0 Å². The van der Waals surface area contributed by atoms with Crippen LogP contribution in [0.4, 0.5) is 0 Å². The van der Waals surface area contributed by atoms with E-state index in [1.807, 2.05) is 0 Å². The van der Waals surface area contributed by atoms with Crippen molar-refractivity contribution in [3.63, 3.8) is 0 Å². The molecule has 0 fully saturated rings. The Balaban J connectivity index is 0. The first-order valence-corrected chi connectivity index (χ1v) is 0. The maximum absolute atomic E-state index is 0. The van der Waals surface area contributed by atoms with Crippen LogP contribution in [-0.2, 0) is 17.1 Å². The van der Waals surface area contributed by atoms with Crippen LogP contribution in [0.15, 0.2) is 0 Å². The van der Waals surface area contributed by atoms with Crippen molar-refractivity contribution >= 4 is 65.3 Å². The van der Waals surface area contributed by atoms with Gasteiger partial charge in [0.25, 0.3) is 0 Å². The first-order valence-electron chi connectivity index (χ1n) is 0. The van der Waals surface area contributed by atoms with E-state index in [4.69, 9.17) is 0 Å². The third-order valence-electron chi connectivity index (χ3n) is 0. The Morgan fingerprint density at radius 1 is 1.00 bits per heavy atom. The molecule has 0 aliphatic heterocycles. The number of hydrogen-bond acceptors (Lipinski definition) is 0. The summed E-state index contributed by atoms with van der Waals surface area (Å²) in [6.45, 7) is 0. The third kappa shape index (κ3) is 9.27. The van der Waals surface area contributed by atoms with Gasteiger partial charge in [0, 0.05) is 52.7 Å². The van der Waals surface area contributed by atoms with Gasteiger partial charge in [0.2, 0.25) is 0 Å². The molecule has 0 heterocycles. The van der Waals surface area contributed by atoms with E-state index in [2.05, 4.69) is 0 Å². The topological polar surface area (TPSA) is 0 Å². The molecule has 0 saturated heterocycles. The quantitative estimate of drug-likeness (QED) is 0.437. The summed E-state index contributed by atoms with van der Waals surface area (Å²) in [6, 6.07) is 0. The predicted molar refractivity (Wildman–Crippen MR) is 18.5 cm³/mol. The van der Waals surface area contributed by atoms with E-state index >= 15 is 0 Å².